The maximum Gasteiger partial charge on any atom is 0.248 e. The van der Waals surface area contributed by atoms with Gasteiger partial charge in [-0.15, -0.1) is 0 Å². The first-order chi connectivity index (χ1) is 10.2. The summed E-state index contributed by atoms with van der Waals surface area (Å²) in [4.78, 5) is 4.45. The van der Waals surface area contributed by atoms with Crippen molar-refractivity contribution in [2.45, 2.75) is 58.9 Å². The van der Waals surface area contributed by atoms with E-state index >= 15 is 0 Å². The number of rotatable bonds is 8. The van der Waals surface area contributed by atoms with Gasteiger partial charge in [-0.3, -0.25) is 0 Å². The van der Waals surface area contributed by atoms with Crippen LogP contribution in [0.3, 0.4) is 0 Å². The first-order valence-electron chi connectivity index (χ1n) is 7.90. The topological polar surface area (TPSA) is 51.0 Å². The summed E-state index contributed by atoms with van der Waals surface area (Å²) < 4.78 is 5.33. The molecule has 0 saturated carbocycles. The minimum atomic E-state index is 0.0184. The van der Waals surface area contributed by atoms with Crippen molar-refractivity contribution in [2.75, 3.05) is 5.32 Å². The molecule has 1 unspecified atom stereocenters. The third kappa shape index (κ3) is 4.59. The largest absolute Gasteiger partial charge is 0.374 e. The molecule has 2 rings (SSSR count). The number of aromatic nitrogens is 2. The minimum Gasteiger partial charge on any atom is -0.374 e. The van der Waals surface area contributed by atoms with Gasteiger partial charge in [0.25, 0.3) is 0 Å². The SMILES string of the molecule is CCCCc1noc(C(C)Nc2ccc(CCC)cc2)n1. The van der Waals surface area contributed by atoms with Gasteiger partial charge in [0.05, 0.1) is 0 Å². The van der Waals surface area contributed by atoms with Crippen molar-refractivity contribution in [3.05, 3.63) is 41.5 Å². The van der Waals surface area contributed by atoms with Gasteiger partial charge in [-0.05, 0) is 37.5 Å². The van der Waals surface area contributed by atoms with E-state index < -0.39 is 0 Å². The van der Waals surface area contributed by atoms with Crippen molar-refractivity contribution in [2.24, 2.45) is 0 Å². The van der Waals surface area contributed by atoms with Gasteiger partial charge in [0, 0.05) is 12.1 Å². The Hall–Kier alpha value is -1.84. The Balaban J connectivity index is 1.93. The number of aryl methyl sites for hydroxylation is 2. The maximum absolute atomic E-state index is 5.33. The van der Waals surface area contributed by atoms with Crippen LogP contribution in [-0.4, -0.2) is 10.1 Å². The van der Waals surface area contributed by atoms with Gasteiger partial charge in [-0.25, -0.2) is 0 Å². The average molecular weight is 287 g/mol. The molecular formula is C17H25N3O. The lowest BCUT2D eigenvalue weighted by molar-refractivity contribution is 0.362. The number of benzene rings is 1. The van der Waals surface area contributed by atoms with Crippen LogP contribution in [-0.2, 0) is 12.8 Å². The summed E-state index contributed by atoms with van der Waals surface area (Å²) in [7, 11) is 0. The smallest absolute Gasteiger partial charge is 0.248 e. The normalized spacial score (nSPS) is 12.3. The van der Waals surface area contributed by atoms with Crippen molar-refractivity contribution in [1.82, 2.24) is 10.1 Å². The summed E-state index contributed by atoms with van der Waals surface area (Å²) in [6.45, 7) is 6.39. The standard InChI is InChI=1S/C17H25N3O/c1-4-6-8-16-19-17(21-20-16)13(3)18-15-11-9-14(7-5-2)10-12-15/h9-13,18H,4-8H2,1-3H3. The summed E-state index contributed by atoms with van der Waals surface area (Å²) in [5, 5.41) is 7.43. The number of nitrogens with one attached hydrogen (secondary N) is 1. The van der Waals surface area contributed by atoms with Crippen LogP contribution in [0.5, 0.6) is 0 Å². The summed E-state index contributed by atoms with van der Waals surface area (Å²) in [6, 6.07) is 8.56. The molecule has 114 valence electrons. The molecule has 0 aliphatic carbocycles. The number of anilines is 1. The summed E-state index contributed by atoms with van der Waals surface area (Å²) in [6.07, 6.45) is 5.42. The van der Waals surface area contributed by atoms with E-state index in [1.54, 1.807) is 0 Å². The lowest BCUT2D eigenvalue weighted by atomic mass is 10.1. The van der Waals surface area contributed by atoms with E-state index in [0.29, 0.717) is 5.89 Å². The molecule has 2 aromatic rings. The van der Waals surface area contributed by atoms with Crippen molar-refractivity contribution >= 4 is 5.69 Å². The van der Waals surface area contributed by atoms with Crippen LogP contribution in [0.1, 0.15) is 63.4 Å². The Morgan fingerprint density at radius 3 is 2.52 bits per heavy atom. The molecule has 0 radical (unpaired) electrons. The fraction of sp³-hybridized carbons (Fsp3) is 0.529. The molecule has 0 saturated heterocycles. The van der Waals surface area contributed by atoms with Crippen molar-refractivity contribution in [3.63, 3.8) is 0 Å². The second-order valence-electron chi connectivity index (χ2n) is 5.47. The number of hydrogen-bond donors (Lipinski definition) is 1. The zero-order valence-electron chi connectivity index (χ0n) is 13.2. The third-order valence-corrected chi connectivity index (χ3v) is 3.48. The van der Waals surface area contributed by atoms with Crippen LogP contribution >= 0.6 is 0 Å². The zero-order chi connectivity index (χ0) is 15.1. The third-order valence-electron chi connectivity index (χ3n) is 3.48. The fourth-order valence-electron chi connectivity index (χ4n) is 2.25. The lowest BCUT2D eigenvalue weighted by Crippen LogP contribution is -2.07. The molecule has 1 aromatic heterocycles. The molecule has 1 aromatic carbocycles. The quantitative estimate of drug-likeness (QED) is 0.774. The molecule has 21 heavy (non-hydrogen) atoms. The predicted molar refractivity (Wildman–Crippen MR) is 85.4 cm³/mol. The van der Waals surface area contributed by atoms with Crippen LogP contribution in [0.4, 0.5) is 5.69 Å². The van der Waals surface area contributed by atoms with Gasteiger partial charge in [-0.2, -0.15) is 4.98 Å². The summed E-state index contributed by atoms with van der Waals surface area (Å²) in [5.41, 5.74) is 2.45. The van der Waals surface area contributed by atoms with Crippen molar-refractivity contribution in [3.8, 4) is 0 Å². The van der Waals surface area contributed by atoms with Crippen LogP contribution < -0.4 is 5.32 Å². The summed E-state index contributed by atoms with van der Waals surface area (Å²) >= 11 is 0. The van der Waals surface area contributed by atoms with Gasteiger partial charge in [0.1, 0.15) is 6.04 Å². The number of nitrogens with zero attached hydrogens (tertiary/aromatic N) is 2. The molecule has 4 heteroatoms. The molecule has 0 amide bonds. The molecule has 1 atom stereocenters. The van der Waals surface area contributed by atoms with Gasteiger partial charge < -0.3 is 9.84 Å². The lowest BCUT2D eigenvalue weighted by Gasteiger charge is -2.11. The second-order valence-corrected chi connectivity index (χ2v) is 5.47. The monoisotopic (exact) mass is 287 g/mol. The average Bonchev–Trinajstić information content (AvgIpc) is 2.96. The van der Waals surface area contributed by atoms with Crippen molar-refractivity contribution in [1.29, 1.82) is 0 Å². The molecule has 0 bridgehead atoms. The predicted octanol–water partition coefficient (Wildman–Crippen LogP) is 4.54. The van der Waals surface area contributed by atoms with E-state index in [1.165, 1.54) is 12.0 Å². The fourth-order valence-corrected chi connectivity index (χ4v) is 2.25. The summed E-state index contributed by atoms with van der Waals surface area (Å²) in [5.74, 6) is 1.46. The minimum absolute atomic E-state index is 0.0184. The molecule has 0 fully saturated rings. The van der Waals surface area contributed by atoms with Crippen LogP contribution in [0.15, 0.2) is 28.8 Å². The molecule has 1 heterocycles. The number of unbranched alkanes of at least 4 members (excludes halogenated alkanes) is 1. The highest BCUT2D eigenvalue weighted by Crippen LogP contribution is 2.19. The molecule has 0 aliphatic rings. The highest BCUT2D eigenvalue weighted by atomic mass is 16.5. The Morgan fingerprint density at radius 1 is 1.10 bits per heavy atom. The van der Waals surface area contributed by atoms with Crippen molar-refractivity contribution < 1.29 is 4.52 Å². The number of hydrogen-bond acceptors (Lipinski definition) is 4. The van der Waals surface area contributed by atoms with E-state index in [-0.39, 0.29) is 6.04 Å². The molecule has 1 N–H and O–H groups in total. The Labute approximate surface area is 127 Å². The zero-order valence-corrected chi connectivity index (χ0v) is 13.2. The Bertz CT molecular complexity index is 533. The molecule has 4 nitrogen and oxygen atoms in total. The Morgan fingerprint density at radius 2 is 1.86 bits per heavy atom. The van der Waals surface area contributed by atoms with Gasteiger partial charge in [-0.1, -0.05) is 44.0 Å². The maximum atomic E-state index is 5.33. The van der Waals surface area contributed by atoms with E-state index in [0.717, 1.165) is 37.2 Å². The first kappa shape index (κ1) is 15.5. The van der Waals surface area contributed by atoms with Crippen LogP contribution in [0.25, 0.3) is 0 Å². The highest BCUT2D eigenvalue weighted by Gasteiger charge is 2.13. The first-order valence-corrected chi connectivity index (χ1v) is 7.90. The molecular weight excluding hydrogens is 262 g/mol. The highest BCUT2D eigenvalue weighted by molar-refractivity contribution is 5.45. The Kier molecular flexibility index (Phi) is 5.78. The van der Waals surface area contributed by atoms with Gasteiger partial charge in [0.2, 0.25) is 5.89 Å². The molecule has 0 spiro atoms. The van der Waals surface area contributed by atoms with E-state index in [4.69, 9.17) is 4.52 Å². The molecule has 0 aliphatic heterocycles. The second kappa shape index (κ2) is 7.81. The van der Waals surface area contributed by atoms with E-state index in [2.05, 4.69) is 53.6 Å². The van der Waals surface area contributed by atoms with Gasteiger partial charge >= 0.3 is 0 Å². The van der Waals surface area contributed by atoms with E-state index in [9.17, 15) is 0 Å². The van der Waals surface area contributed by atoms with Gasteiger partial charge in [0.15, 0.2) is 5.82 Å². The van der Waals surface area contributed by atoms with Crippen LogP contribution in [0.2, 0.25) is 0 Å². The van der Waals surface area contributed by atoms with Crippen LogP contribution in [0, 0.1) is 0 Å². The van der Waals surface area contributed by atoms with E-state index in [1.807, 2.05) is 6.92 Å².